The number of nitrogens with zero attached hydrogens (tertiary/aromatic N) is 1. The molecule has 3 unspecified atom stereocenters. The molecule has 0 aromatic rings. The molecule has 0 fully saturated rings. The van der Waals surface area contributed by atoms with Gasteiger partial charge < -0.3 is 28.8 Å². The van der Waals surface area contributed by atoms with Gasteiger partial charge in [0.05, 0.1) is 39.9 Å². The highest BCUT2D eigenvalue weighted by Crippen LogP contribution is 2.38. The average Bonchev–Trinajstić information content (AvgIpc) is 3.34. The smallest absolute Gasteiger partial charge is 0.268 e. The zero-order valence-electron chi connectivity index (χ0n) is 48.6. The number of carbonyl (C=O) groups excluding carboxylic acids is 1. The predicted molar refractivity (Wildman–Crippen MR) is 311 cm³/mol. The Bertz CT molecular complexity index is 1270. The highest BCUT2D eigenvalue weighted by molar-refractivity contribution is 7.45. The Morgan fingerprint density at radius 3 is 1.12 bits per heavy atom. The molecule has 8 nitrogen and oxygen atoms in total. The van der Waals surface area contributed by atoms with Crippen LogP contribution in [0.1, 0.15) is 309 Å². The summed E-state index contributed by atoms with van der Waals surface area (Å²) in [5.41, 5.74) is 0. The van der Waals surface area contributed by atoms with Gasteiger partial charge in [0.1, 0.15) is 13.2 Å². The van der Waals surface area contributed by atoms with Crippen LogP contribution in [0.3, 0.4) is 0 Å². The minimum Gasteiger partial charge on any atom is -0.756 e. The number of hydrogen-bond donors (Lipinski definition) is 2. The molecular weight excluding hydrogens is 912 g/mol. The number of quaternary nitrogens is 1. The van der Waals surface area contributed by atoms with Gasteiger partial charge in [-0.05, 0) is 57.8 Å². The van der Waals surface area contributed by atoms with Gasteiger partial charge in [0.15, 0.2) is 0 Å². The summed E-state index contributed by atoms with van der Waals surface area (Å²) in [6.07, 6.45) is 71.0. The number of allylic oxidation sites excluding steroid dienone is 5. The fraction of sp³-hybridized carbons (Fsp3) is 0.889. The van der Waals surface area contributed by atoms with Gasteiger partial charge in [0.2, 0.25) is 5.91 Å². The number of unbranched alkanes of at least 4 members (excludes halogenated alkanes) is 41. The number of aliphatic hydroxyl groups is 1. The predicted octanol–water partition coefficient (Wildman–Crippen LogP) is 18.7. The second-order valence-corrected chi connectivity index (χ2v) is 24.2. The minimum atomic E-state index is -4.61. The molecule has 0 aromatic carbocycles. The number of aliphatic hydroxyl groups excluding tert-OH is 1. The van der Waals surface area contributed by atoms with Gasteiger partial charge in [-0.1, -0.05) is 281 Å². The number of phosphoric acid groups is 1. The van der Waals surface area contributed by atoms with Crippen LogP contribution in [-0.2, 0) is 18.4 Å². The average molecular weight is 1040 g/mol. The maximum Gasteiger partial charge on any atom is 0.268 e. The van der Waals surface area contributed by atoms with E-state index in [1.165, 1.54) is 250 Å². The van der Waals surface area contributed by atoms with Gasteiger partial charge in [0.25, 0.3) is 7.82 Å². The lowest BCUT2D eigenvalue weighted by Gasteiger charge is -2.29. The van der Waals surface area contributed by atoms with Crippen LogP contribution in [-0.4, -0.2) is 68.5 Å². The van der Waals surface area contributed by atoms with E-state index in [2.05, 4.69) is 43.5 Å². The lowest BCUT2D eigenvalue weighted by molar-refractivity contribution is -0.870. The molecule has 0 spiro atoms. The SMILES string of the molecule is CCCCCCCCCCCCCC/C=C\CCCCCCCCCCCCCCCC(=O)NC(COP(=O)([O-])OCC[N+](C)(C)C)C(O)/C=C/CC/C=C/CCCCCCCCCCCCCCCCC. The summed E-state index contributed by atoms with van der Waals surface area (Å²) in [6, 6.07) is -0.903. The summed E-state index contributed by atoms with van der Waals surface area (Å²) >= 11 is 0. The molecule has 0 aliphatic carbocycles. The second-order valence-electron chi connectivity index (χ2n) is 22.8. The van der Waals surface area contributed by atoms with E-state index in [0.29, 0.717) is 17.4 Å². The number of phosphoric ester groups is 1. The van der Waals surface area contributed by atoms with Crippen molar-refractivity contribution < 1.29 is 32.9 Å². The Balaban J connectivity index is 4.14. The van der Waals surface area contributed by atoms with E-state index in [0.717, 1.165) is 38.5 Å². The topological polar surface area (TPSA) is 108 Å². The van der Waals surface area contributed by atoms with Gasteiger partial charge in [-0.15, -0.1) is 0 Å². The molecule has 72 heavy (non-hydrogen) atoms. The molecule has 0 heterocycles. The van der Waals surface area contributed by atoms with E-state index in [9.17, 15) is 19.4 Å². The summed E-state index contributed by atoms with van der Waals surface area (Å²) in [4.78, 5) is 25.5. The van der Waals surface area contributed by atoms with E-state index in [1.54, 1.807) is 6.08 Å². The summed E-state index contributed by atoms with van der Waals surface area (Å²) in [6.45, 7) is 4.67. The van der Waals surface area contributed by atoms with Crippen LogP contribution in [0.25, 0.3) is 0 Å². The quantitative estimate of drug-likeness (QED) is 0.0272. The van der Waals surface area contributed by atoms with Crippen molar-refractivity contribution in [2.24, 2.45) is 0 Å². The third-order valence-corrected chi connectivity index (χ3v) is 15.3. The summed E-state index contributed by atoms with van der Waals surface area (Å²) in [5, 5.41) is 13.9. The highest BCUT2D eigenvalue weighted by atomic mass is 31.2. The van der Waals surface area contributed by atoms with Crippen molar-refractivity contribution in [1.82, 2.24) is 5.32 Å². The molecule has 0 radical (unpaired) electrons. The number of likely N-dealkylation sites (N-methyl/N-ethyl adjacent to an activating group) is 1. The molecule has 0 aromatic heterocycles. The molecule has 2 N–H and O–H groups in total. The van der Waals surface area contributed by atoms with E-state index in [1.807, 2.05) is 27.2 Å². The van der Waals surface area contributed by atoms with Crippen molar-refractivity contribution in [2.45, 2.75) is 321 Å². The fourth-order valence-electron chi connectivity index (χ4n) is 9.40. The van der Waals surface area contributed by atoms with Crippen molar-refractivity contribution in [3.8, 4) is 0 Å². The summed E-state index contributed by atoms with van der Waals surface area (Å²) in [7, 11) is 1.25. The maximum atomic E-state index is 13.0. The van der Waals surface area contributed by atoms with Crippen molar-refractivity contribution in [2.75, 3.05) is 40.9 Å². The van der Waals surface area contributed by atoms with Crippen molar-refractivity contribution in [3.05, 3.63) is 36.5 Å². The van der Waals surface area contributed by atoms with E-state index in [-0.39, 0.29) is 12.5 Å². The van der Waals surface area contributed by atoms with Crippen LogP contribution in [0.5, 0.6) is 0 Å². The summed E-state index contributed by atoms with van der Waals surface area (Å²) < 4.78 is 23.4. The van der Waals surface area contributed by atoms with Crippen molar-refractivity contribution >= 4 is 13.7 Å². The Kier molecular flexibility index (Phi) is 53.5. The zero-order valence-corrected chi connectivity index (χ0v) is 49.5. The highest BCUT2D eigenvalue weighted by Gasteiger charge is 2.23. The monoisotopic (exact) mass is 1030 g/mol. The first-order chi connectivity index (χ1) is 35.0. The number of hydrogen-bond acceptors (Lipinski definition) is 6. The summed E-state index contributed by atoms with van der Waals surface area (Å²) in [5.74, 6) is -0.203. The molecule has 0 aliphatic heterocycles. The van der Waals surface area contributed by atoms with Gasteiger partial charge in [0, 0.05) is 6.42 Å². The number of carbonyl (C=O) groups is 1. The van der Waals surface area contributed by atoms with E-state index in [4.69, 9.17) is 9.05 Å². The van der Waals surface area contributed by atoms with E-state index < -0.39 is 26.6 Å². The number of rotatable bonds is 58. The Hall–Kier alpha value is -1.28. The molecule has 426 valence electrons. The van der Waals surface area contributed by atoms with Crippen LogP contribution in [0.15, 0.2) is 36.5 Å². The van der Waals surface area contributed by atoms with Gasteiger partial charge >= 0.3 is 0 Å². The van der Waals surface area contributed by atoms with Crippen molar-refractivity contribution in [1.29, 1.82) is 0 Å². The van der Waals surface area contributed by atoms with Crippen LogP contribution < -0.4 is 10.2 Å². The number of nitrogens with one attached hydrogen (secondary N) is 1. The second kappa shape index (κ2) is 54.5. The standard InChI is InChI=1S/C63H123N2O6P/c1-6-8-10-12-14-16-18-20-22-24-26-28-29-30-31-32-33-34-35-37-39-41-43-45-47-49-51-53-55-57-63(67)64-61(60-71-72(68,69)70-59-58-65(3,4)5)62(66)56-54-52-50-48-46-44-42-40-38-36-27-25-23-21-19-17-15-13-11-9-7-2/h30-31,46,48,54,56,61-62,66H,6-29,32-45,47,49-53,55,57-60H2,1-5H3,(H-,64,67,68,69)/b31-30-,48-46+,56-54+. The fourth-order valence-corrected chi connectivity index (χ4v) is 10.1. The molecule has 3 atom stereocenters. The molecule has 9 heteroatoms. The number of amides is 1. The minimum absolute atomic E-state index is 0.00525. The lowest BCUT2D eigenvalue weighted by atomic mass is 10.0. The first-order valence-corrected chi connectivity index (χ1v) is 32.8. The van der Waals surface area contributed by atoms with Crippen LogP contribution in [0.4, 0.5) is 0 Å². The molecule has 0 aliphatic rings. The molecule has 0 rings (SSSR count). The Morgan fingerprint density at radius 2 is 0.778 bits per heavy atom. The molecule has 0 bridgehead atoms. The van der Waals surface area contributed by atoms with Crippen LogP contribution >= 0.6 is 7.82 Å². The first-order valence-electron chi connectivity index (χ1n) is 31.4. The Morgan fingerprint density at radius 1 is 0.472 bits per heavy atom. The van der Waals surface area contributed by atoms with E-state index >= 15 is 0 Å². The molecular formula is C63H123N2O6P. The normalized spacial score (nSPS) is 14.0. The molecule has 1 amide bonds. The molecule has 0 saturated heterocycles. The lowest BCUT2D eigenvalue weighted by Crippen LogP contribution is -2.45. The van der Waals surface area contributed by atoms with Gasteiger partial charge in [-0.25, -0.2) is 0 Å². The Labute approximate surface area is 448 Å². The zero-order chi connectivity index (χ0) is 52.7. The molecule has 0 saturated carbocycles. The third kappa shape index (κ3) is 56.4. The largest absolute Gasteiger partial charge is 0.756 e. The maximum absolute atomic E-state index is 13.0. The van der Waals surface area contributed by atoms with Gasteiger partial charge in [-0.2, -0.15) is 0 Å². The van der Waals surface area contributed by atoms with Crippen molar-refractivity contribution in [3.63, 3.8) is 0 Å². The van der Waals surface area contributed by atoms with Crippen LogP contribution in [0, 0.1) is 0 Å². The van der Waals surface area contributed by atoms with Crippen LogP contribution in [0.2, 0.25) is 0 Å². The first kappa shape index (κ1) is 70.7. The van der Waals surface area contributed by atoms with Gasteiger partial charge in [-0.3, -0.25) is 9.36 Å². The third-order valence-electron chi connectivity index (χ3n) is 14.3.